The van der Waals surface area contributed by atoms with E-state index in [1.807, 2.05) is 0 Å². The van der Waals surface area contributed by atoms with Crippen LogP contribution in [0.25, 0.3) is 0 Å². The summed E-state index contributed by atoms with van der Waals surface area (Å²) in [6, 6.07) is 12.4. The number of ether oxygens (including phenoxy) is 1. The first-order valence-corrected chi connectivity index (χ1v) is 13.0. The molecule has 9 heteroatoms. The number of anilines is 1. The van der Waals surface area contributed by atoms with Gasteiger partial charge in [-0.25, -0.2) is 4.39 Å². The molecule has 2 heterocycles. The molecule has 2 amide bonds. The van der Waals surface area contributed by atoms with Crippen molar-refractivity contribution in [3.63, 3.8) is 0 Å². The molecule has 0 spiro atoms. The Labute approximate surface area is 225 Å². The lowest BCUT2D eigenvalue weighted by molar-refractivity contribution is -0.132. The van der Waals surface area contributed by atoms with Crippen molar-refractivity contribution >= 4 is 29.1 Å². The van der Waals surface area contributed by atoms with Gasteiger partial charge in [-0.3, -0.25) is 14.6 Å². The molecule has 7 nitrogen and oxygen atoms in total. The van der Waals surface area contributed by atoms with Gasteiger partial charge in [-0.1, -0.05) is 29.8 Å². The van der Waals surface area contributed by atoms with E-state index in [1.165, 1.54) is 31.5 Å². The van der Waals surface area contributed by atoms with Crippen LogP contribution in [0, 0.1) is 18.7 Å². The largest absolute Gasteiger partial charge is 0.497 e. The van der Waals surface area contributed by atoms with Crippen molar-refractivity contribution in [3.05, 3.63) is 88.0 Å². The molecule has 1 aromatic heterocycles. The monoisotopic (exact) mass is 537 g/mol. The van der Waals surface area contributed by atoms with Crippen LogP contribution in [-0.4, -0.2) is 41.6 Å². The van der Waals surface area contributed by atoms with E-state index in [1.54, 1.807) is 42.2 Å². The molecule has 1 aliphatic heterocycles. The van der Waals surface area contributed by atoms with Crippen molar-refractivity contribution in [2.75, 3.05) is 18.6 Å². The number of hydrogen-bond acceptors (Lipinski definition) is 5. The van der Waals surface area contributed by atoms with Crippen LogP contribution in [-0.2, 0) is 10.4 Å². The second kappa shape index (κ2) is 10.3. The maximum atomic E-state index is 14.8. The molecular formula is C29H29ClFN3O4. The van der Waals surface area contributed by atoms with Gasteiger partial charge in [-0.2, -0.15) is 0 Å². The Balaban J connectivity index is 1.32. The number of hydrogen-bond donors (Lipinski definition) is 2. The predicted molar refractivity (Wildman–Crippen MR) is 142 cm³/mol. The summed E-state index contributed by atoms with van der Waals surface area (Å²) in [5, 5.41) is 15.2. The van der Waals surface area contributed by atoms with Crippen LogP contribution in [0.3, 0.4) is 0 Å². The Morgan fingerprint density at radius 2 is 1.92 bits per heavy atom. The number of rotatable bonds is 6. The van der Waals surface area contributed by atoms with Crippen molar-refractivity contribution in [3.8, 4) is 5.75 Å². The molecule has 3 aromatic rings. The van der Waals surface area contributed by atoms with Crippen molar-refractivity contribution in [2.24, 2.45) is 5.92 Å². The molecular weight excluding hydrogens is 509 g/mol. The minimum atomic E-state index is -2.12. The lowest BCUT2D eigenvalue weighted by atomic mass is 9.85. The number of carbonyl (C=O) groups excluding carboxylic acids is 2. The fourth-order valence-electron chi connectivity index (χ4n) is 5.53. The molecule has 2 aromatic carbocycles. The molecule has 38 heavy (non-hydrogen) atoms. The van der Waals surface area contributed by atoms with E-state index in [4.69, 9.17) is 16.3 Å². The van der Waals surface area contributed by atoms with E-state index in [2.05, 4.69) is 10.3 Å². The number of carbonyl (C=O) groups is 2. The van der Waals surface area contributed by atoms with Gasteiger partial charge < -0.3 is 20.1 Å². The van der Waals surface area contributed by atoms with Crippen LogP contribution in [0.5, 0.6) is 5.75 Å². The average molecular weight is 538 g/mol. The molecule has 2 aliphatic rings. The highest BCUT2D eigenvalue weighted by Crippen LogP contribution is 2.47. The highest BCUT2D eigenvalue weighted by molar-refractivity contribution is 6.30. The topological polar surface area (TPSA) is 91.8 Å². The summed E-state index contributed by atoms with van der Waals surface area (Å²) in [5.41, 5.74) is -0.277. The van der Waals surface area contributed by atoms with Gasteiger partial charge in [0.1, 0.15) is 11.6 Å². The summed E-state index contributed by atoms with van der Waals surface area (Å²) < 4.78 is 20.2. The SMILES string of the molecule is COc1ccc2c(c1)N(C[C@H]1CC[C@H](NC(=O)c3cc(Cl)cnc3C)CC1)C(=O)C2(O)c1ccccc1F. The number of aromatic nitrogens is 1. The number of methoxy groups -OCH3 is 1. The summed E-state index contributed by atoms with van der Waals surface area (Å²) in [6.45, 7) is 2.14. The van der Waals surface area contributed by atoms with Crippen LogP contribution < -0.4 is 15.0 Å². The molecule has 5 rings (SSSR count). The molecule has 1 fully saturated rings. The van der Waals surface area contributed by atoms with Gasteiger partial charge in [-0.15, -0.1) is 0 Å². The molecule has 0 saturated heterocycles. The number of aryl methyl sites for hydroxylation is 1. The number of aliphatic hydroxyl groups is 1. The number of fused-ring (bicyclic) bond motifs is 1. The minimum absolute atomic E-state index is 0.00543. The highest BCUT2D eigenvalue weighted by Gasteiger charge is 2.52. The van der Waals surface area contributed by atoms with Crippen LogP contribution in [0.1, 0.15) is 52.9 Å². The summed E-state index contributed by atoms with van der Waals surface area (Å²) in [5.74, 6) is -0.745. The molecule has 1 aliphatic carbocycles. The molecule has 0 radical (unpaired) electrons. The zero-order chi connectivity index (χ0) is 27.0. The zero-order valence-corrected chi connectivity index (χ0v) is 22.0. The molecule has 0 bridgehead atoms. The average Bonchev–Trinajstić information content (AvgIpc) is 3.13. The first kappa shape index (κ1) is 26.1. The smallest absolute Gasteiger partial charge is 0.268 e. The van der Waals surface area contributed by atoms with Gasteiger partial charge >= 0.3 is 0 Å². The van der Waals surface area contributed by atoms with Crippen LogP contribution >= 0.6 is 11.6 Å². The lowest BCUT2D eigenvalue weighted by Crippen LogP contribution is -2.45. The highest BCUT2D eigenvalue weighted by atomic mass is 35.5. The number of pyridine rings is 1. The van der Waals surface area contributed by atoms with Crippen LogP contribution in [0.4, 0.5) is 10.1 Å². The van der Waals surface area contributed by atoms with Gasteiger partial charge in [0.2, 0.25) is 0 Å². The molecule has 2 N–H and O–H groups in total. The molecule has 1 saturated carbocycles. The third-order valence-corrected chi connectivity index (χ3v) is 7.83. The fraction of sp³-hybridized carbons (Fsp3) is 0.345. The van der Waals surface area contributed by atoms with Gasteiger partial charge in [0, 0.05) is 36.0 Å². The fourth-order valence-corrected chi connectivity index (χ4v) is 5.69. The summed E-state index contributed by atoms with van der Waals surface area (Å²) >= 11 is 6.02. The molecule has 198 valence electrons. The van der Waals surface area contributed by atoms with Gasteiger partial charge in [0.05, 0.1) is 29.1 Å². The number of nitrogens with one attached hydrogen (secondary N) is 1. The van der Waals surface area contributed by atoms with Crippen LogP contribution in [0.2, 0.25) is 5.02 Å². The standard InChI is InChI=1S/C29H29ClFN3O4/c1-17-22(13-19(30)15-32-17)27(35)33-20-9-7-18(8-10-20)16-34-26-14-21(38-2)11-12-24(26)29(37,28(34)36)23-5-3-4-6-25(23)31/h3-6,11-15,18,20,37H,7-10,16H2,1-2H3,(H,33,35)/t18-,20-,29?. The van der Waals surface area contributed by atoms with Gasteiger partial charge in [0.15, 0.2) is 5.60 Å². The number of nitrogens with zero attached hydrogens (tertiary/aromatic N) is 2. The number of benzene rings is 2. The molecule has 1 atom stereocenters. The van der Waals surface area contributed by atoms with Crippen LogP contribution in [0.15, 0.2) is 54.7 Å². The second-order valence-corrected chi connectivity index (χ2v) is 10.4. The summed E-state index contributed by atoms with van der Waals surface area (Å²) in [7, 11) is 1.53. The Morgan fingerprint density at radius 1 is 1.18 bits per heavy atom. The second-order valence-electron chi connectivity index (χ2n) is 9.97. The zero-order valence-electron chi connectivity index (χ0n) is 21.2. The lowest BCUT2D eigenvalue weighted by Gasteiger charge is -2.32. The third kappa shape index (κ3) is 4.63. The van der Waals surface area contributed by atoms with E-state index in [9.17, 15) is 19.1 Å². The normalized spacial score (nSPS) is 22.8. The third-order valence-electron chi connectivity index (χ3n) is 7.62. The predicted octanol–water partition coefficient (Wildman–Crippen LogP) is 4.76. The molecule has 1 unspecified atom stereocenters. The quantitative estimate of drug-likeness (QED) is 0.473. The summed E-state index contributed by atoms with van der Waals surface area (Å²) in [4.78, 5) is 32.2. The maximum absolute atomic E-state index is 14.8. The first-order valence-electron chi connectivity index (χ1n) is 12.6. The Hall–Kier alpha value is -3.49. The Bertz CT molecular complexity index is 1390. The number of amides is 2. The van der Waals surface area contributed by atoms with Crippen molar-refractivity contribution in [2.45, 2.75) is 44.2 Å². The van der Waals surface area contributed by atoms with Gasteiger partial charge in [0.25, 0.3) is 11.8 Å². The van der Waals surface area contributed by atoms with E-state index < -0.39 is 17.3 Å². The van der Waals surface area contributed by atoms with E-state index in [0.717, 1.165) is 25.7 Å². The van der Waals surface area contributed by atoms with E-state index in [-0.39, 0.29) is 23.4 Å². The van der Waals surface area contributed by atoms with Crippen molar-refractivity contribution in [1.29, 1.82) is 0 Å². The minimum Gasteiger partial charge on any atom is -0.497 e. The van der Waals surface area contributed by atoms with Crippen molar-refractivity contribution in [1.82, 2.24) is 10.3 Å². The van der Waals surface area contributed by atoms with E-state index in [0.29, 0.717) is 39.8 Å². The Morgan fingerprint density at radius 3 is 2.63 bits per heavy atom. The summed E-state index contributed by atoms with van der Waals surface area (Å²) in [6.07, 6.45) is 4.55. The van der Waals surface area contributed by atoms with Gasteiger partial charge in [-0.05, 0) is 62.8 Å². The van der Waals surface area contributed by atoms with E-state index >= 15 is 0 Å². The first-order chi connectivity index (χ1) is 18.2. The number of halogens is 2. The maximum Gasteiger partial charge on any atom is 0.268 e. The van der Waals surface area contributed by atoms with Crippen molar-refractivity contribution < 1.29 is 23.8 Å². The Kier molecular flexibility index (Phi) is 7.11.